The molecule has 15 nitrogen and oxygen atoms in total. The Bertz CT molecular complexity index is 1430. The number of hydrogen-bond donors (Lipinski definition) is 10. The molecule has 2 heterocycles. The highest BCUT2D eigenvalue weighted by molar-refractivity contribution is 5.21. The molecule has 2 aliphatic heterocycles. The average molecular weight is 817 g/mol. The largest absolute Gasteiger partial charge is 0.393 e. The second-order valence-electron chi connectivity index (χ2n) is 20.4. The number of rotatable bonds is 11. The van der Waals surface area contributed by atoms with Crippen LogP contribution in [0.25, 0.3) is 0 Å². The molecule has 0 spiro atoms. The highest BCUT2D eigenvalue weighted by Gasteiger charge is 2.72. The summed E-state index contributed by atoms with van der Waals surface area (Å²) in [5, 5.41) is 109. The number of fused-ring (bicyclic) bond motifs is 5. The van der Waals surface area contributed by atoms with Gasteiger partial charge in [-0.15, -0.1) is 0 Å². The van der Waals surface area contributed by atoms with E-state index in [4.69, 9.17) is 23.8 Å². The van der Waals surface area contributed by atoms with E-state index in [1.807, 2.05) is 6.92 Å². The minimum absolute atomic E-state index is 0.0582. The molecule has 0 amide bonds. The Hall–Kier alpha value is -0.860. The monoisotopic (exact) mass is 816 g/mol. The quantitative estimate of drug-likeness (QED) is 0.0809. The summed E-state index contributed by atoms with van der Waals surface area (Å²) in [6.45, 7) is 19.6. The molecule has 330 valence electrons. The maximum Gasteiger partial charge on any atom is 0.187 e. The van der Waals surface area contributed by atoms with Crippen LogP contribution in [-0.2, 0) is 23.8 Å². The van der Waals surface area contributed by atoms with Gasteiger partial charge in [-0.1, -0.05) is 41.2 Å². The van der Waals surface area contributed by atoms with Crippen molar-refractivity contribution in [2.75, 3.05) is 6.61 Å². The second kappa shape index (κ2) is 16.1. The van der Waals surface area contributed by atoms with E-state index in [1.165, 1.54) is 6.92 Å². The Labute approximate surface area is 336 Å². The summed E-state index contributed by atoms with van der Waals surface area (Å²) in [6.07, 6.45) is -13.2. The van der Waals surface area contributed by atoms with Crippen molar-refractivity contribution in [3.63, 3.8) is 0 Å². The molecule has 0 bridgehead atoms. The number of aliphatic hydroxyl groups excluding tert-OH is 9. The van der Waals surface area contributed by atoms with Crippen molar-refractivity contribution in [1.29, 1.82) is 0 Å². The van der Waals surface area contributed by atoms with E-state index < -0.39 is 103 Å². The van der Waals surface area contributed by atoms with Gasteiger partial charge in [0, 0.05) is 0 Å². The van der Waals surface area contributed by atoms with Gasteiger partial charge in [-0.05, 0) is 123 Å². The normalized spacial score (nSPS) is 52.6. The predicted octanol–water partition coefficient (Wildman–Crippen LogP) is 1.62. The van der Waals surface area contributed by atoms with E-state index in [2.05, 4.69) is 41.2 Å². The lowest BCUT2D eigenvalue weighted by atomic mass is 9.35. The van der Waals surface area contributed by atoms with E-state index in [0.29, 0.717) is 24.8 Å². The summed E-state index contributed by atoms with van der Waals surface area (Å²) in [7, 11) is 0. The Morgan fingerprint density at radius 3 is 2.04 bits per heavy atom. The smallest absolute Gasteiger partial charge is 0.187 e. The summed E-state index contributed by atoms with van der Waals surface area (Å²) in [5.74, 6) is -0.384. The molecule has 57 heavy (non-hydrogen) atoms. The van der Waals surface area contributed by atoms with E-state index >= 15 is 0 Å². The zero-order valence-electron chi connectivity index (χ0n) is 35.0. The fourth-order valence-corrected chi connectivity index (χ4v) is 13.5. The highest BCUT2D eigenvalue weighted by Crippen LogP contribution is 2.76. The summed E-state index contributed by atoms with van der Waals surface area (Å²) >= 11 is 0. The predicted molar refractivity (Wildman–Crippen MR) is 204 cm³/mol. The SMILES string of the molecule is C=C(C)C(CCC(C)(OC1OC(COC2OC(C)C(O)C(O)C2O)C(O)C(O)C1O)C1CCC2(C)C1C(O)CC1C3(C)CC(O)C(O)C(C)(C)C3CCC12C)OO. The molecule has 4 saturated carbocycles. The van der Waals surface area contributed by atoms with Crippen LogP contribution in [0.4, 0.5) is 0 Å². The molecule has 10 N–H and O–H groups in total. The molecule has 15 heteroatoms. The van der Waals surface area contributed by atoms with Crippen LogP contribution in [0.15, 0.2) is 12.2 Å². The lowest BCUT2D eigenvalue weighted by Gasteiger charge is -2.71. The fraction of sp³-hybridized carbons (Fsp3) is 0.952. The fourth-order valence-electron chi connectivity index (χ4n) is 13.5. The zero-order chi connectivity index (χ0) is 42.4. The molecule has 6 fully saturated rings. The third-order valence-corrected chi connectivity index (χ3v) is 17.0. The van der Waals surface area contributed by atoms with Crippen molar-refractivity contribution in [2.24, 2.45) is 45.3 Å². The van der Waals surface area contributed by atoms with Crippen molar-refractivity contribution < 1.29 is 75.1 Å². The van der Waals surface area contributed by atoms with Crippen LogP contribution in [-0.4, -0.2) is 149 Å². The van der Waals surface area contributed by atoms with E-state index in [-0.39, 0.29) is 52.8 Å². The van der Waals surface area contributed by atoms with Gasteiger partial charge in [-0.25, -0.2) is 4.89 Å². The molecule has 0 radical (unpaired) electrons. The molecule has 0 aromatic heterocycles. The molecular formula is C42H72O15. The van der Waals surface area contributed by atoms with Crippen LogP contribution in [0, 0.1) is 45.3 Å². The zero-order valence-corrected chi connectivity index (χ0v) is 35.0. The van der Waals surface area contributed by atoms with E-state index in [9.17, 15) is 51.2 Å². The van der Waals surface area contributed by atoms with Crippen LogP contribution in [0.3, 0.4) is 0 Å². The third kappa shape index (κ3) is 7.39. The van der Waals surface area contributed by atoms with Gasteiger partial charge in [0.1, 0.15) is 48.8 Å². The van der Waals surface area contributed by atoms with Crippen molar-refractivity contribution in [1.82, 2.24) is 0 Å². The molecule has 2 saturated heterocycles. The minimum Gasteiger partial charge on any atom is -0.393 e. The van der Waals surface area contributed by atoms with E-state index in [0.717, 1.165) is 19.3 Å². The maximum atomic E-state index is 12.5. The van der Waals surface area contributed by atoms with Crippen LogP contribution >= 0.6 is 0 Å². The van der Waals surface area contributed by atoms with Crippen molar-refractivity contribution in [3.8, 4) is 0 Å². The Morgan fingerprint density at radius 1 is 0.789 bits per heavy atom. The standard InChI is InChI=1S/C42H72O15/c1-19(2)24(57-52)11-15-42(9,56-37-34(50)32(48)30(46)25(55-37)18-53-36-33(49)31(47)29(45)20(3)54-36)21-10-13-41(8)28(21)22(43)16-27-39(6)17-23(44)35(51)38(4,5)26(39)12-14-40(27,41)7/h20-37,43-52H,1,10-18H2,2-9H3. The van der Waals surface area contributed by atoms with Gasteiger partial charge in [0.05, 0.1) is 36.6 Å². The first-order valence-electron chi connectivity index (χ1n) is 21.1. The molecule has 6 rings (SSSR count). The summed E-state index contributed by atoms with van der Waals surface area (Å²) in [5.41, 5.74) is -2.06. The first-order valence-corrected chi connectivity index (χ1v) is 21.1. The minimum atomic E-state index is -1.73. The van der Waals surface area contributed by atoms with Gasteiger partial charge >= 0.3 is 0 Å². The summed E-state index contributed by atoms with van der Waals surface area (Å²) in [6, 6.07) is 0. The molecule has 6 aliphatic rings. The first kappa shape index (κ1) is 45.7. The first-order chi connectivity index (χ1) is 26.4. The number of ether oxygens (including phenoxy) is 4. The number of hydrogen-bond acceptors (Lipinski definition) is 15. The molecule has 0 aromatic rings. The van der Waals surface area contributed by atoms with Gasteiger partial charge < -0.3 is 64.9 Å². The summed E-state index contributed by atoms with van der Waals surface area (Å²) < 4.78 is 24.3. The summed E-state index contributed by atoms with van der Waals surface area (Å²) in [4.78, 5) is 4.80. The van der Waals surface area contributed by atoms with Gasteiger partial charge in [0.25, 0.3) is 0 Å². The number of aliphatic hydroxyl groups is 9. The molecule has 22 atom stereocenters. The van der Waals surface area contributed by atoms with Crippen LogP contribution in [0.5, 0.6) is 0 Å². The van der Waals surface area contributed by atoms with Crippen molar-refractivity contribution >= 4 is 0 Å². The van der Waals surface area contributed by atoms with Crippen molar-refractivity contribution in [2.45, 2.75) is 198 Å². The van der Waals surface area contributed by atoms with Crippen LogP contribution in [0.2, 0.25) is 0 Å². The lowest BCUT2D eigenvalue weighted by Crippen LogP contribution is -2.68. The maximum absolute atomic E-state index is 12.5. The van der Waals surface area contributed by atoms with Gasteiger partial charge in [0.15, 0.2) is 12.6 Å². The molecule has 22 unspecified atom stereocenters. The highest BCUT2D eigenvalue weighted by atomic mass is 17.1. The Balaban J connectivity index is 1.29. The topological polar surface area (TPSA) is 248 Å². The third-order valence-electron chi connectivity index (χ3n) is 17.0. The second-order valence-corrected chi connectivity index (χ2v) is 20.4. The Morgan fingerprint density at radius 2 is 1.40 bits per heavy atom. The van der Waals surface area contributed by atoms with Gasteiger partial charge in [-0.2, -0.15) is 0 Å². The molecular weight excluding hydrogens is 744 g/mol. The average Bonchev–Trinajstić information content (AvgIpc) is 3.53. The lowest BCUT2D eigenvalue weighted by molar-refractivity contribution is -0.349. The Kier molecular flexibility index (Phi) is 12.9. The van der Waals surface area contributed by atoms with Crippen molar-refractivity contribution in [3.05, 3.63) is 12.2 Å². The van der Waals surface area contributed by atoms with Crippen LogP contribution in [0.1, 0.15) is 107 Å². The molecule has 0 aromatic carbocycles. The molecule has 4 aliphatic carbocycles. The van der Waals surface area contributed by atoms with E-state index in [1.54, 1.807) is 6.92 Å². The van der Waals surface area contributed by atoms with Gasteiger partial charge in [0.2, 0.25) is 0 Å². The van der Waals surface area contributed by atoms with Gasteiger partial charge in [-0.3, -0.25) is 5.26 Å². The van der Waals surface area contributed by atoms with Crippen LogP contribution < -0.4 is 0 Å².